The molecule has 0 bridgehead atoms. The molecule has 1 atom stereocenters. The summed E-state index contributed by atoms with van der Waals surface area (Å²) >= 11 is 25.5. The molecule has 4 rings (SSSR count). The van der Waals surface area contributed by atoms with Gasteiger partial charge < -0.3 is 18.9 Å². The maximum Gasteiger partial charge on any atom is 0.396 e. The van der Waals surface area contributed by atoms with Gasteiger partial charge in [0.05, 0.1) is 11.0 Å². The van der Waals surface area contributed by atoms with E-state index in [1.165, 1.54) is 12.3 Å². The Kier molecular flexibility index (Phi) is 6.23. The third kappa shape index (κ3) is 4.71. The Balaban J connectivity index is 1.80. The predicted molar refractivity (Wildman–Crippen MR) is 122 cm³/mol. The van der Waals surface area contributed by atoms with Gasteiger partial charge in [-0.2, -0.15) is 0 Å². The van der Waals surface area contributed by atoms with Crippen LogP contribution in [0.5, 0.6) is 5.75 Å². The number of rotatable bonds is 5. The second kappa shape index (κ2) is 8.76. The topological polar surface area (TPSA) is 81.7 Å². The fraction of sp³-hybridized carbons (Fsp3) is 0.100. The van der Waals surface area contributed by atoms with Gasteiger partial charge in [0, 0.05) is 16.1 Å². The highest BCUT2D eigenvalue weighted by molar-refractivity contribution is 7.16. The van der Waals surface area contributed by atoms with Crippen LogP contribution >= 0.6 is 57.7 Å². The summed E-state index contributed by atoms with van der Waals surface area (Å²) < 4.78 is 14.7. The van der Waals surface area contributed by atoms with Crippen molar-refractivity contribution < 1.29 is 18.4 Å². The molecule has 1 amide bonds. The van der Waals surface area contributed by atoms with E-state index in [0.717, 1.165) is 11.3 Å². The fourth-order valence-electron chi connectivity index (χ4n) is 2.84. The molecule has 2 heterocycles. The third-order valence-corrected chi connectivity index (χ3v) is 5.94. The molecule has 31 heavy (non-hydrogen) atoms. The van der Waals surface area contributed by atoms with E-state index < -0.39 is 20.9 Å². The van der Waals surface area contributed by atoms with Gasteiger partial charge in [-0.1, -0.05) is 75.9 Å². The Bertz CT molecular complexity index is 1290. The molecule has 1 N–H and O–H groups in total. The van der Waals surface area contributed by atoms with Crippen LogP contribution in [-0.2, 0) is 0 Å². The summed E-state index contributed by atoms with van der Waals surface area (Å²) in [5.74, 6) is -0.416. The van der Waals surface area contributed by atoms with Gasteiger partial charge in [-0.25, -0.2) is 4.79 Å². The lowest BCUT2D eigenvalue weighted by Gasteiger charge is -2.27. The van der Waals surface area contributed by atoms with Crippen molar-refractivity contribution >= 4 is 73.9 Å². The highest BCUT2D eigenvalue weighted by atomic mass is 35.6. The van der Waals surface area contributed by atoms with Gasteiger partial charge in [-0.05, 0) is 30.3 Å². The molecule has 6 nitrogen and oxygen atoms in total. The second-order valence-corrected chi connectivity index (χ2v) is 9.91. The van der Waals surface area contributed by atoms with Gasteiger partial charge in [0.1, 0.15) is 11.3 Å². The molecule has 0 saturated heterocycles. The van der Waals surface area contributed by atoms with Crippen LogP contribution in [0.4, 0.5) is 0 Å². The van der Waals surface area contributed by atoms with Crippen LogP contribution in [0.1, 0.15) is 10.6 Å². The number of amides is 1. The van der Waals surface area contributed by atoms with Crippen molar-refractivity contribution in [3.05, 3.63) is 75.3 Å². The van der Waals surface area contributed by atoms with Gasteiger partial charge in [-0.3, -0.25) is 4.79 Å². The fourth-order valence-corrected chi connectivity index (χ4v) is 4.19. The number of carbonyl (C=O) groups is 1. The van der Waals surface area contributed by atoms with Crippen molar-refractivity contribution in [3.8, 4) is 16.9 Å². The molecular weight excluding hydrogens is 508 g/mol. The van der Waals surface area contributed by atoms with Crippen LogP contribution < -0.4 is 15.0 Å². The van der Waals surface area contributed by atoms with Crippen LogP contribution in [-0.4, -0.2) is 15.9 Å². The number of alkyl halides is 3. The first-order chi connectivity index (χ1) is 14.7. The molecule has 2 aromatic carbocycles. The molecule has 4 aromatic rings. The maximum atomic E-state index is 12.4. The normalized spacial score (nSPS) is 12.6. The van der Waals surface area contributed by atoms with Gasteiger partial charge in [-0.15, -0.1) is 0 Å². The van der Waals surface area contributed by atoms with Crippen LogP contribution in [0.15, 0.2) is 68.4 Å². The van der Waals surface area contributed by atoms with Crippen molar-refractivity contribution in [2.45, 2.75) is 10.0 Å². The highest BCUT2D eigenvalue weighted by Gasteiger charge is 2.37. The summed E-state index contributed by atoms with van der Waals surface area (Å²) in [6.07, 6.45) is -0.0675. The molecule has 160 valence electrons. The Morgan fingerprint density at radius 3 is 2.55 bits per heavy atom. The van der Waals surface area contributed by atoms with Crippen molar-refractivity contribution in [1.29, 1.82) is 0 Å². The molecule has 0 aliphatic carbocycles. The minimum Gasteiger partial charge on any atom is -0.465 e. The molecule has 11 heteroatoms. The molecule has 0 aliphatic heterocycles. The molecule has 0 fully saturated rings. The van der Waals surface area contributed by atoms with Crippen LogP contribution in [0, 0.1) is 0 Å². The molecule has 0 radical (unpaired) electrons. The second-order valence-electron chi connectivity index (χ2n) is 6.19. The summed E-state index contributed by atoms with van der Waals surface area (Å²) in [7, 11) is 0. The lowest BCUT2D eigenvalue weighted by Crippen LogP contribution is -2.47. The first-order valence-corrected chi connectivity index (χ1v) is 11.0. The largest absolute Gasteiger partial charge is 0.465 e. The summed E-state index contributed by atoms with van der Waals surface area (Å²) in [5, 5.41) is 2.90. The van der Waals surface area contributed by atoms with Gasteiger partial charge >= 0.3 is 4.94 Å². The molecular formula is C20H11Cl4NO5S. The van der Waals surface area contributed by atoms with Crippen LogP contribution in [0.3, 0.4) is 0 Å². The van der Waals surface area contributed by atoms with E-state index in [-0.39, 0.29) is 11.5 Å². The van der Waals surface area contributed by atoms with Crippen LogP contribution in [0.2, 0.25) is 5.02 Å². The smallest absolute Gasteiger partial charge is 0.396 e. The Morgan fingerprint density at radius 1 is 1.10 bits per heavy atom. The third-order valence-electron chi connectivity index (χ3n) is 4.15. The van der Waals surface area contributed by atoms with E-state index in [4.69, 9.17) is 60.0 Å². The van der Waals surface area contributed by atoms with E-state index in [1.807, 2.05) is 0 Å². The number of fused-ring (bicyclic) bond motifs is 1. The summed E-state index contributed by atoms with van der Waals surface area (Å²) in [5.41, 5.74) is 1.38. The first-order valence-electron chi connectivity index (χ1n) is 8.63. The SMILES string of the molecule is O=C(N[C@@H](Oc1ccc2oc(=O)sc2c1-c1ccccc1Cl)C(Cl)(Cl)Cl)c1ccco1. The summed E-state index contributed by atoms with van der Waals surface area (Å²) in [4.78, 5) is 23.8. The number of nitrogens with one attached hydrogen (secondary N) is 1. The maximum absolute atomic E-state index is 12.4. The molecule has 0 aliphatic rings. The lowest BCUT2D eigenvalue weighted by atomic mass is 10.0. The predicted octanol–water partition coefficient (Wildman–Crippen LogP) is 6.27. The molecule has 0 spiro atoms. The van der Waals surface area contributed by atoms with E-state index in [1.54, 1.807) is 42.5 Å². The van der Waals surface area contributed by atoms with Crippen molar-refractivity contribution in [3.63, 3.8) is 0 Å². The zero-order valence-corrected chi connectivity index (χ0v) is 19.1. The Labute approximate surface area is 199 Å². The minimum absolute atomic E-state index is 0.0117. The quantitative estimate of drug-likeness (QED) is 0.248. The summed E-state index contributed by atoms with van der Waals surface area (Å²) in [6, 6.07) is 13.1. The number of ether oxygens (including phenoxy) is 1. The number of halogens is 4. The average Bonchev–Trinajstić information content (AvgIpc) is 3.36. The van der Waals surface area contributed by atoms with E-state index >= 15 is 0 Å². The molecule has 0 unspecified atom stereocenters. The Hall–Kier alpha value is -2.16. The standard InChI is InChI=1S/C20H11Cl4NO5S/c21-11-5-2-1-4-10(11)15-12(7-8-13-16(15)31-19(27)30-13)29-18(20(22,23)24)25-17(26)14-6-3-9-28-14/h1-9,18H,(H,25,26)/t18-/m0/s1. The number of carbonyl (C=O) groups excluding carboxylic acids is 1. The van der Waals surface area contributed by atoms with E-state index in [0.29, 0.717) is 26.4 Å². The zero-order chi connectivity index (χ0) is 22.2. The van der Waals surface area contributed by atoms with Gasteiger partial charge in [0.2, 0.25) is 10.0 Å². The zero-order valence-electron chi connectivity index (χ0n) is 15.2. The van der Waals surface area contributed by atoms with Gasteiger partial charge in [0.25, 0.3) is 5.91 Å². The minimum atomic E-state index is -2.04. The molecule has 0 saturated carbocycles. The van der Waals surface area contributed by atoms with Crippen LogP contribution in [0.25, 0.3) is 21.4 Å². The first kappa shape index (κ1) is 22.0. The monoisotopic (exact) mass is 517 g/mol. The Morgan fingerprint density at radius 2 is 1.87 bits per heavy atom. The van der Waals surface area contributed by atoms with Crippen molar-refractivity contribution in [2.24, 2.45) is 0 Å². The van der Waals surface area contributed by atoms with E-state index in [9.17, 15) is 9.59 Å². The lowest BCUT2D eigenvalue weighted by molar-refractivity contribution is 0.0806. The number of benzene rings is 2. The van der Waals surface area contributed by atoms with E-state index in [2.05, 4.69) is 5.32 Å². The molecule has 2 aromatic heterocycles. The number of hydrogen-bond donors (Lipinski definition) is 1. The highest BCUT2D eigenvalue weighted by Crippen LogP contribution is 2.43. The summed E-state index contributed by atoms with van der Waals surface area (Å²) in [6.45, 7) is 0. The van der Waals surface area contributed by atoms with Crippen molar-refractivity contribution in [2.75, 3.05) is 0 Å². The number of hydrogen-bond acceptors (Lipinski definition) is 6. The average molecular weight is 519 g/mol. The van der Waals surface area contributed by atoms with Crippen molar-refractivity contribution in [1.82, 2.24) is 5.32 Å². The number of furan rings is 1. The van der Waals surface area contributed by atoms with Gasteiger partial charge in [0.15, 0.2) is 5.76 Å².